The van der Waals surface area contributed by atoms with Gasteiger partial charge in [0.1, 0.15) is 11.6 Å². The van der Waals surface area contributed by atoms with Crippen LogP contribution in [0.1, 0.15) is 42.8 Å². The zero-order chi connectivity index (χ0) is 19.3. The number of hydrogen-bond acceptors (Lipinski definition) is 4. The monoisotopic (exact) mass is 376 g/mol. The summed E-state index contributed by atoms with van der Waals surface area (Å²) in [5, 5.41) is 0. The van der Waals surface area contributed by atoms with Gasteiger partial charge in [-0.25, -0.2) is 14.4 Å². The van der Waals surface area contributed by atoms with Crippen LogP contribution < -0.4 is 0 Å². The molecule has 1 unspecified atom stereocenters. The van der Waals surface area contributed by atoms with E-state index in [1.165, 1.54) is 6.07 Å². The summed E-state index contributed by atoms with van der Waals surface area (Å²) >= 11 is 0. The normalized spacial score (nSPS) is 17.6. The smallest absolute Gasteiger partial charge is 0.127 e. The summed E-state index contributed by atoms with van der Waals surface area (Å²) < 4.78 is 13.6. The Morgan fingerprint density at radius 1 is 1.11 bits per heavy atom. The number of piperidine rings is 1. The van der Waals surface area contributed by atoms with Crippen LogP contribution in [-0.2, 0) is 13.0 Å². The summed E-state index contributed by atoms with van der Waals surface area (Å²) in [5.41, 5.74) is 3.89. The van der Waals surface area contributed by atoms with Crippen molar-refractivity contribution < 1.29 is 4.39 Å². The number of hydrogen-bond donors (Lipinski definition) is 0. The van der Waals surface area contributed by atoms with Crippen LogP contribution in [0, 0.1) is 5.82 Å². The molecule has 3 heterocycles. The molecular weight excluding hydrogens is 351 g/mol. The van der Waals surface area contributed by atoms with Gasteiger partial charge in [0.15, 0.2) is 0 Å². The van der Waals surface area contributed by atoms with E-state index in [-0.39, 0.29) is 5.82 Å². The van der Waals surface area contributed by atoms with E-state index in [0.29, 0.717) is 5.92 Å². The number of aryl methyl sites for hydroxylation is 1. The number of likely N-dealkylation sites (tertiary alicyclic amines) is 1. The third-order valence-electron chi connectivity index (χ3n) is 5.30. The first-order chi connectivity index (χ1) is 13.7. The summed E-state index contributed by atoms with van der Waals surface area (Å²) in [6, 6.07) is 12.7. The molecule has 2 aromatic heterocycles. The van der Waals surface area contributed by atoms with Gasteiger partial charge in [-0.05, 0) is 43.7 Å². The highest BCUT2D eigenvalue weighted by Gasteiger charge is 2.23. The number of halogens is 1. The Bertz CT molecular complexity index is 926. The fraction of sp³-hybridized carbons (Fsp3) is 0.348. The zero-order valence-corrected chi connectivity index (χ0v) is 16.2. The molecule has 144 valence electrons. The van der Waals surface area contributed by atoms with Crippen LogP contribution >= 0.6 is 0 Å². The maximum Gasteiger partial charge on any atom is 0.127 e. The molecule has 1 aliphatic rings. The molecule has 0 saturated carbocycles. The van der Waals surface area contributed by atoms with Crippen molar-refractivity contribution in [3.63, 3.8) is 0 Å². The minimum atomic E-state index is -0.232. The van der Waals surface area contributed by atoms with Crippen molar-refractivity contribution >= 4 is 0 Å². The zero-order valence-electron chi connectivity index (χ0n) is 16.2. The van der Waals surface area contributed by atoms with Crippen molar-refractivity contribution in [3.8, 4) is 11.3 Å². The Morgan fingerprint density at radius 3 is 2.71 bits per heavy atom. The topological polar surface area (TPSA) is 41.9 Å². The highest BCUT2D eigenvalue weighted by atomic mass is 19.1. The minimum absolute atomic E-state index is 0.232. The predicted octanol–water partition coefficient (Wildman–Crippen LogP) is 4.62. The molecular formula is C23H25FN4. The Labute approximate surface area is 165 Å². The van der Waals surface area contributed by atoms with Crippen LogP contribution in [0.25, 0.3) is 11.3 Å². The fourth-order valence-electron chi connectivity index (χ4n) is 3.83. The highest BCUT2D eigenvalue weighted by Crippen LogP contribution is 2.28. The SMILES string of the molecule is CCc1ncc(CN2CCCC(c3cccc(-c4cccc(F)c4)n3)C2)cn1. The van der Waals surface area contributed by atoms with Gasteiger partial charge in [-0.15, -0.1) is 0 Å². The molecule has 0 amide bonds. The van der Waals surface area contributed by atoms with Crippen molar-refractivity contribution in [2.45, 2.75) is 38.6 Å². The molecule has 3 aromatic rings. The lowest BCUT2D eigenvalue weighted by atomic mass is 9.93. The van der Waals surface area contributed by atoms with Gasteiger partial charge in [0.05, 0.1) is 5.69 Å². The Kier molecular flexibility index (Phi) is 5.72. The van der Waals surface area contributed by atoms with Gasteiger partial charge in [-0.1, -0.05) is 25.1 Å². The predicted molar refractivity (Wildman–Crippen MR) is 108 cm³/mol. The van der Waals surface area contributed by atoms with Crippen LogP contribution in [0.4, 0.5) is 4.39 Å². The van der Waals surface area contributed by atoms with Crippen LogP contribution in [-0.4, -0.2) is 32.9 Å². The van der Waals surface area contributed by atoms with Gasteiger partial charge in [0.2, 0.25) is 0 Å². The first-order valence-electron chi connectivity index (χ1n) is 9.96. The van der Waals surface area contributed by atoms with Gasteiger partial charge in [0, 0.05) is 54.6 Å². The maximum atomic E-state index is 13.6. The van der Waals surface area contributed by atoms with E-state index in [2.05, 4.69) is 27.9 Å². The average molecular weight is 376 g/mol. The molecule has 1 fully saturated rings. The van der Waals surface area contributed by atoms with E-state index in [9.17, 15) is 4.39 Å². The lowest BCUT2D eigenvalue weighted by molar-refractivity contribution is 0.198. The molecule has 0 bridgehead atoms. The first kappa shape index (κ1) is 18.7. The molecule has 1 aromatic carbocycles. The van der Waals surface area contributed by atoms with Crippen LogP contribution in [0.5, 0.6) is 0 Å². The van der Waals surface area contributed by atoms with Gasteiger partial charge < -0.3 is 0 Å². The Hall–Kier alpha value is -2.66. The number of aromatic nitrogens is 3. The van der Waals surface area contributed by atoms with E-state index >= 15 is 0 Å². The molecule has 0 radical (unpaired) electrons. The van der Waals surface area contributed by atoms with Crippen molar-refractivity contribution in [3.05, 3.63) is 77.8 Å². The summed E-state index contributed by atoms with van der Waals surface area (Å²) in [6.07, 6.45) is 7.02. The van der Waals surface area contributed by atoms with Gasteiger partial charge >= 0.3 is 0 Å². The fourth-order valence-corrected chi connectivity index (χ4v) is 3.83. The van der Waals surface area contributed by atoms with E-state index in [4.69, 9.17) is 4.98 Å². The lowest BCUT2D eigenvalue weighted by Gasteiger charge is -2.32. The Balaban J connectivity index is 1.47. The second-order valence-electron chi connectivity index (χ2n) is 7.39. The number of rotatable bonds is 5. The molecule has 4 nitrogen and oxygen atoms in total. The number of nitrogens with zero attached hydrogens (tertiary/aromatic N) is 4. The summed E-state index contributed by atoms with van der Waals surface area (Å²) in [5.74, 6) is 1.04. The van der Waals surface area contributed by atoms with E-state index in [1.54, 1.807) is 12.1 Å². The third-order valence-corrected chi connectivity index (χ3v) is 5.30. The summed E-state index contributed by atoms with van der Waals surface area (Å²) in [7, 11) is 0. The molecule has 0 N–H and O–H groups in total. The van der Waals surface area contributed by atoms with E-state index in [1.807, 2.05) is 30.6 Å². The van der Waals surface area contributed by atoms with E-state index in [0.717, 1.165) is 67.2 Å². The lowest BCUT2D eigenvalue weighted by Crippen LogP contribution is -2.34. The standard InChI is InChI=1S/C23H25FN4/c1-2-23-25-13-17(14-26-23)15-28-11-5-7-19(16-28)22-10-4-9-21(27-22)18-6-3-8-20(24)12-18/h3-4,6,8-10,12-14,19H,2,5,7,11,15-16H2,1H3. The van der Waals surface area contributed by atoms with E-state index < -0.39 is 0 Å². The second-order valence-corrected chi connectivity index (χ2v) is 7.39. The maximum absolute atomic E-state index is 13.6. The molecule has 0 aliphatic carbocycles. The van der Waals surface area contributed by atoms with Crippen LogP contribution in [0.3, 0.4) is 0 Å². The molecule has 28 heavy (non-hydrogen) atoms. The number of benzene rings is 1. The number of pyridine rings is 1. The van der Waals surface area contributed by atoms with Gasteiger partial charge in [-0.2, -0.15) is 0 Å². The summed E-state index contributed by atoms with van der Waals surface area (Å²) in [6.45, 7) is 4.98. The van der Waals surface area contributed by atoms with Gasteiger partial charge in [-0.3, -0.25) is 9.88 Å². The van der Waals surface area contributed by atoms with Crippen molar-refractivity contribution in [2.75, 3.05) is 13.1 Å². The molecule has 1 saturated heterocycles. The van der Waals surface area contributed by atoms with Crippen LogP contribution in [0.2, 0.25) is 0 Å². The van der Waals surface area contributed by atoms with Crippen LogP contribution in [0.15, 0.2) is 54.9 Å². The van der Waals surface area contributed by atoms with Crippen molar-refractivity contribution in [1.82, 2.24) is 19.9 Å². The largest absolute Gasteiger partial charge is 0.298 e. The van der Waals surface area contributed by atoms with Crippen molar-refractivity contribution in [2.24, 2.45) is 0 Å². The molecule has 1 atom stereocenters. The molecule has 1 aliphatic heterocycles. The summed E-state index contributed by atoms with van der Waals surface area (Å²) in [4.78, 5) is 16.1. The highest BCUT2D eigenvalue weighted by molar-refractivity contribution is 5.59. The minimum Gasteiger partial charge on any atom is -0.298 e. The molecule has 4 rings (SSSR count). The first-order valence-corrected chi connectivity index (χ1v) is 9.96. The molecule has 0 spiro atoms. The third kappa shape index (κ3) is 4.42. The Morgan fingerprint density at radius 2 is 1.93 bits per heavy atom. The average Bonchev–Trinajstić information content (AvgIpc) is 2.75. The quantitative estimate of drug-likeness (QED) is 0.652. The second kappa shape index (κ2) is 8.57. The molecule has 5 heteroatoms. The van der Waals surface area contributed by atoms with Crippen molar-refractivity contribution in [1.29, 1.82) is 0 Å². The van der Waals surface area contributed by atoms with Gasteiger partial charge in [0.25, 0.3) is 0 Å².